The SMILES string of the molecule is CCCC(C)NC(=O)C(C)NCCc1ccccc1. The van der Waals surface area contributed by atoms with Crippen LogP contribution in [0.25, 0.3) is 0 Å². The molecule has 1 rings (SSSR count). The third kappa shape index (κ3) is 6.39. The molecule has 0 aliphatic rings. The van der Waals surface area contributed by atoms with Crippen LogP contribution < -0.4 is 10.6 Å². The predicted octanol–water partition coefficient (Wildman–Crippen LogP) is 2.51. The van der Waals surface area contributed by atoms with Gasteiger partial charge < -0.3 is 10.6 Å². The molecule has 2 atom stereocenters. The minimum absolute atomic E-state index is 0.0917. The van der Waals surface area contributed by atoms with Gasteiger partial charge in [-0.1, -0.05) is 43.7 Å². The second-order valence-electron chi connectivity index (χ2n) is 5.11. The third-order valence-electron chi connectivity index (χ3n) is 3.21. The summed E-state index contributed by atoms with van der Waals surface area (Å²) in [6, 6.07) is 10.4. The number of hydrogen-bond acceptors (Lipinski definition) is 2. The van der Waals surface area contributed by atoms with Gasteiger partial charge in [0.15, 0.2) is 0 Å². The lowest BCUT2D eigenvalue weighted by Crippen LogP contribution is -2.45. The van der Waals surface area contributed by atoms with Crippen LogP contribution in [0, 0.1) is 0 Å². The van der Waals surface area contributed by atoms with E-state index in [4.69, 9.17) is 0 Å². The second kappa shape index (κ2) is 8.70. The van der Waals surface area contributed by atoms with Gasteiger partial charge in [-0.15, -0.1) is 0 Å². The summed E-state index contributed by atoms with van der Waals surface area (Å²) in [6.07, 6.45) is 3.07. The van der Waals surface area contributed by atoms with Crippen LogP contribution in [-0.2, 0) is 11.2 Å². The van der Waals surface area contributed by atoms with Gasteiger partial charge in [0.25, 0.3) is 0 Å². The summed E-state index contributed by atoms with van der Waals surface area (Å²) < 4.78 is 0. The van der Waals surface area contributed by atoms with Crippen LogP contribution in [0.3, 0.4) is 0 Å². The molecule has 0 aromatic heterocycles. The zero-order chi connectivity index (χ0) is 14.1. The molecule has 0 saturated carbocycles. The lowest BCUT2D eigenvalue weighted by molar-refractivity contribution is -0.123. The molecule has 0 fully saturated rings. The van der Waals surface area contributed by atoms with E-state index in [1.807, 2.05) is 25.1 Å². The van der Waals surface area contributed by atoms with E-state index in [1.165, 1.54) is 5.56 Å². The number of nitrogens with one attached hydrogen (secondary N) is 2. The summed E-state index contributed by atoms with van der Waals surface area (Å²) in [5.41, 5.74) is 1.29. The molecular weight excluding hydrogens is 236 g/mol. The molecule has 2 unspecified atom stereocenters. The van der Waals surface area contributed by atoms with Gasteiger partial charge in [-0.25, -0.2) is 0 Å². The molecule has 3 heteroatoms. The Morgan fingerprint density at radius 3 is 2.53 bits per heavy atom. The van der Waals surface area contributed by atoms with Crippen LogP contribution in [0.15, 0.2) is 30.3 Å². The molecule has 0 bridgehead atoms. The summed E-state index contributed by atoms with van der Waals surface area (Å²) in [6.45, 7) is 6.92. The first-order chi connectivity index (χ1) is 9.13. The number of carbonyl (C=O) groups excluding carboxylic acids is 1. The fourth-order valence-corrected chi connectivity index (χ4v) is 2.04. The van der Waals surface area contributed by atoms with Crippen molar-refractivity contribution in [3.05, 3.63) is 35.9 Å². The van der Waals surface area contributed by atoms with Crippen molar-refractivity contribution in [3.8, 4) is 0 Å². The van der Waals surface area contributed by atoms with Gasteiger partial charge in [0.05, 0.1) is 6.04 Å². The van der Waals surface area contributed by atoms with E-state index in [0.29, 0.717) is 0 Å². The van der Waals surface area contributed by atoms with E-state index in [-0.39, 0.29) is 18.0 Å². The zero-order valence-corrected chi connectivity index (χ0v) is 12.3. The predicted molar refractivity (Wildman–Crippen MR) is 80.1 cm³/mol. The molecule has 2 N–H and O–H groups in total. The maximum Gasteiger partial charge on any atom is 0.237 e. The summed E-state index contributed by atoms with van der Waals surface area (Å²) in [5.74, 6) is 0.0917. The van der Waals surface area contributed by atoms with Crippen molar-refractivity contribution in [1.82, 2.24) is 10.6 Å². The minimum Gasteiger partial charge on any atom is -0.352 e. The van der Waals surface area contributed by atoms with Gasteiger partial charge >= 0.3 is 0 Å². The van der Waals surface area contributed by atoms with E-state index in [2.05, 4.69) is 36.6 Å². The highest BCUT2D eigenvalue weighted by Gasteiger charge is 2.13. The molecule has 0 radical (unpaired) electrons. The van der Waals surface area contributed by atoms with Gasteiger partial charge in [0.2, 0.25) is 5.91 Å². The van der Waals surface area contributed by atoms with Crippen LogP contribution >= 0.6 is 0 Å². The van der Waals surface area contributed by atoms with Crippen molar-refractivity contribution >= 4 is 5.91 Å². The maximum atomic E-state index is 11.9. The highest BCUT2D eigenvalue weighted by Crippen LogP contribution is 1.99. The lowest BCUT2D eigenvalue weighted by Gasteiger charge is -2.18. The van der Waals surface area contributed by atoms with Crippen LogP contribution in [0.1, 0.15) is 39.2 Å². The zero-order valence-electron chi connectivity index (χ0n) is 12.3. The number of hydrogen-bond donors (Lipinski definition) is 2. The molecular formula is C16H26N2O. The van der Waals surface area contributed by atoms with E-state index in [0.717, 1.165) is 25.8 Å². The maximum absolute atomic E-state index is 11.9. The largest absolute Gasteiger partial charge is 0.352 e. The van der Waals surface area contributed by atoms with E-state index in [1.54, 1.807) is 0 Å². The van der Waals surface area contributed by atoms with Crippen LogP contribution in [-0.4, -0.2) is 24.5 Å². The Morgan fingerprint density at radius 1 is 1.21 bits per heavy atom. The van der Waals surface area contributed by atoms with Gasteiger partial charge in [-0.05, 0) is 38.8 Å². The van der Waals surface area contributed by atoms with Crippen molar-refractivity contribution in [2.24, 2.45) is 0 Å². The van der Waals surface area contributed by atoms with Gasteiger partial charge in [0, 0.05) is 6.04 Å². The Kier molecular flexibility index (Phi) is 7.19. The lowest BCUT2D eigenvalue weighted by atomic mass is 10.1. The highest BCUT2D eigenvalue weighted by molar-refractivity contribution is 5.81. The Labute approximate surface area is 116 Å². The fraction of sp³-hybridized carbons (Fsp3) is 0.562. The second-order valence-corrected chi connectivity index (χ2v) is 5.11. The van der Waals surface area contributed by atoms with E-state index >= 15 is 0 Å². The molecule has 0 heterocycles. The van der Waals surface area contributed by atoms with Crippen molar-refractivity contribution in [3.63, 3.8) is 0 Å². The van der Waals surface area contributed by atoms with Crippen LogP contribution in [0.5, 0.6) is 0 Å². The van der Waals surface area contributed by atoms with E-state index < -0.39 is 0 Å². The molecule has 0 aliphatic heterocycles. The molecule has 19 heavy (non-hydrogen) atoms. The van der Waals surface area contributed by atoms with Crippen molar-refractivity contribution in [2.75, 3.05) is 6.54 Å². The molecule has 1 amide bonds. The third-order valence-corrected chi connectivity index (χ3v) is 3.21. The summed E-state index contributed by atoms with van der Waals surface area (Å²) in [4.78, 5) is 11.9. The highest BCUT2D eigenvalue weighted by atomic mass is 16.2. The summed E-state index contributed by atoms with van der Waals surface area (Å²) >= 11 is 0. The summed E-state index contributed by atoms with van der Waals surface area (Å²) in [5, 5.41) is 6.29. The minimum atomic E-state index is -0.136. The van der Waals surface area contributed by atoms with Crippen LogP contribution in [0.4, 0.5) is 0 Å². The Hall–Kier alpha value is -1.35. The molecule has 3 nitrogen and oxygen atoms in total. The molecule has 0 aliphatic carbocycles. The van der Waals surface area contributed by atoms with Crippen molar-refractivity contribution in [2.45, 2.75) is 52.1 Å². The van der Waals surface area contributed by atoms with E-state index in [9.17, 15) is 4.79 Å². The monoisotopic (exact) mass is 262 g/mol. The Balaban J connectivity index is 2.23. The van der Waals surface area contributed by atoms with Crippen LogP contribution in [0.2, 0.25) is 0 Å². The molecule has 0 saturated heterocycles. The number of rotatable bonds is 8. The standard InChI is InChI=1S/C16H26N2O/c1-4-8-13(2)18-16(19)14(3)17-12-11-15-9-6-5-7-10-15/h5-7,9-10,13-14,17H,4,8,11-12H2,1-3H3,(H,18,19). The number of carbonyl (C=O) groups is 1. The fourth-order valence-electron chi connectivity index (χ4n) is 2.04. The molecule has 0 spiro atoms. The normalized spacial score (nSPS) is 13.8. The first-order valence-corrected chi connectivity index (χ1v) is 7.21. The first-order valence-electron chi connectivity index (χ1n) is 7.21. The smallest absolute Gasteiger partial charge is 0.237 e. The Bertz CT molecular complexity index is 364. The first kappa shape index (κ1) is 15.7. The molecule has 1 aromatic rings. The average molecular weight is 262 g/mol. The summed E-state index contributed by atoms with van der Waals surface area (Å²) in [7, 11) is 0. The van der Waals surface area contributed by atoms with Gasteiger partial charge in [-0.3, -0.25) is 4.79 Å². The molecule has 106 valence electrons. The van der Waals surface area contributed by atoms with Gasteiger partial charge in [-0.2, -0.15) is 0 Å². The topological polar surface area (TPSA) is 41.1 Å². The number of amides is 1. The van der Waals surface area contributed by atoms with Gasteiger partial charge in [0.1, 0.15) is 0 Å². The number of benzene rings is 1. The quantitative estimate of drug-likeness (QED) is 0.756. The Morgan fingerprint density at radius 2 is 1.89 bits per heavy atom. The van der Waals surface area contributed by atoms with Crippen molar-refractivity contribution in [1.29, 1.82) is 0 Å². The molecule has 1 aromatic carbocycles. The van der Waals surface area contributed by atoms with Crippen molar-refractivity contribution < 1.29 is 4.79 Å². The average Bonchev–Trinajstić information content (AvgIpc) is 2.40.